The Balaban J connectivity index is 1.73. The largest absolute Gasteiger partial charge is 0.367 e. The van der Waals surface area contributed by atoms with Crippen molar-refractivity contribution in [3.8, 4) is 0 Å². The molecule has 0 spiro atoms. The van der Waals surface area contributed by atoms with Crippen molar-refractivity contribution in [2.24, 2.45) is 0 Å². The fraction of sp³-hybridized carbons (Fsp3) is 0.462. The number of rotatable bonds is 4. The SMILES string of the molecule is O=C(CO[C@H]1CCCNC1)Nc1ccc(Br)cc1. The van der Waals surface area contributed by atoms with E-state index in [1.165, 1.54) is 0 Å². The van der Waals surface area contributed by atoms with E-state index in [4.69, 9.17) is 4.74 Å². The first kappa shape index (κ1) is 13.5. The smallest absolute Gasteiger partial charge is 0.250 e. The van der Waals surface area contributed by atoms with Crippen LogP contribution in [0.1, 0.15) is 12.8 Å². The zero-order valence-electron chi connectivity index (χ0n) is 10.1. The van der Waals surface area contributed by atoms with Crippen LogP contribution in [-0.4, -0.2) is 31.7 Å². The molecule has 1 atom stereocenters. The predicted molar refractivity (Wildman–Crippen MR) is 74.6 cm³/mol. The summed E-state index contributed by atoms with van der Waals surface area (Å²) in [7, 11) is 0. The standard InChI is InChI=1S/C13H17BrN2O2/c14-10-3-5-11(6-4-10)16-13(17)9-18-12-2-1-7-15-8-12/h3-6,12,15H,1-2,7-9H2,(H,16,17)/t12-/m0/s1. The number of benzene rings is 1. The van der Waals surface area contributed by atoms with Crippen molar-refractivity contribution >= 4 is 27.5 Å². The summed E-state index contributed by atoms with van der Waals surface area (Å²) >= 11 is 3.35. The number of hydrogen-bond donors (Lipinski definition) is 2. The zero-order valence-corrected chi connectivity index (χ0v) is 11.7. The van der Waals surface area contributed by atoms with Crippen LogP contribution in [0.25, 0.3) is 0 Å². The van der Waals surface area contributed by atoms with Gasteiger partial charge in [-0.2, -0.15) is 0 Å². The van der Waals surface area contributed by atoms with Crippen molar-refractivity contribution in [1.82, 2.24) is 5.32 Å². The molecule has 0 radical (unpaired) electrons. The van der Waals surface area contributed by atoms with E-state index in [1.54, 1.807) is 0 Å². The summed E-state index contributed by atoms with van der Waals surface area (Å²) in [6, 6.07) is 7.48. The average Bonchev–Trinajstić information content (AvgIpc) is 2.40. The number of carbonyl (C=O) groups excluding carboxylic acids is 1. The van der Waals surface area contributed by atoms with E-state index in [0.29, 0.717) is 0 Å². The lowest BCUT2D eigenvalue weighted by molar-refractivity contribution is -0.122. The van der Waals surface area contributed by atoms with Crippen molar-refractivity contribution in [2.45, 2.75) is 18.9 Å². The Bertz CT molecular complexity index is 388. The van der Waals surface area contributed by atoms with Gasteiger partial charge in [-0.3, -0.25) is 4.79 Å². The number of halogens is 1. The predicted octanol–water partition coefficient (Wildman–Crippen LogP) is 2.16. The van der Waals surface area contributed by atoms with Gasteiger partial charge in [0.15, 0.2) is 0 Å². The van der Waals surface area contributed by atoms with Crippen LogP contribution < -0.4 is 10.6 Å². The topological polar surface area (TPSA) is 50.4 Å². The molecule has 0 bridgehead atoms. The summed E-state index contributed by atoms with van der Waals surface area (Å²) in [5.74, 6) is -0.108. The van der Waals surface area contributed by atoms with Crippen molar-refractivity contribution in [2.75, 3.05) is 25.0 Å². The lowest BCUT2D eigenvalue weighted by atomic mass is 10.1. The third-order valence-electron chi connectivity index (χ3n) is 2.83. The molecule has 1 aromatic carbocycles. The maximum Gasteiger partial charge on any atom is 0.250 e. The minimum Gasteiger partial charge on any atom is -0.367 e. The van der Waals surface area contributed by atoms with Gasteiger partial charge in [0.1, 0.15) is 6.61 Å². The van der Waals surface area contributed by atoms with Crippen LogP contribution in [0.3, 0.4) is 0 Å². The summed E-state index contributed by atoms with van der Waals surface area (Å²) in [5.41, 5.74) is 0.786. The summed E-state index contributed by atoms with van der Waals surface area (Å²) in [4.78, 5) is 11.7. The lowest BCUT2D eigenvalue weighted by Crippen LogP contribution is -2.37. The van der Waals surface area contributed by atoms with E-state index >= 15 is 0 Å². The molecule has 1 aliphatic rings. The highest BCUT2D eigenvalue weighted by Crippen LogP contribution is 2.14. The molecule has 1 heterocycles. The highest BCUT2D eigenvalue weighted by atomic mass is 79.9. The second kappa shape index (κ2) is 6.87. The monoisotopic (exact) mass is 312 g/mol. The zero-order chi connectivity index (χ0) is 12.8. The minimum atomic E-state index is -0.108. The summed E-state index contributed by atoms with van der Waals surface area (Å²) in [6.07, 6.45) is 2.30. The molecule has 1 saturated heterocycles. The van der Waals surface area contributed by atoms with Gasteiger partial charge in [0.05, 0.1) is 6.10 Å². The first-order valence-corrected chi connectivity index (χ1v) is 6.91. The maximum absolute atomic E-state index is 11.7. The number of nitrogens with one attached hydrogen (secondary N) is 2. The Morgan fingerprint density at radius 1 is 1.44 bits per heavy atom. The van der Waals surface area contributed by atoms with E-state index in [9.17, 15) is 4.79 Å². The molecule has 1 aliphatic heterocycles. The molecule has 0 saturated carbocycles. The van der Waals surface area contributed by atoms with E-state index in [1.807, 2.05) is 24.3 Å². The van der Waals surface area contributed by atoms with Crippen LogP contribution >= 0.6 is 15.9 Å². The van der Waals surface area contributed by atoms with Crippen molar-refractivity contribution < 1.29 is 9.53 Å². The van der Waals surface area contributed by atoms with E-state index in [0.717, 1.165) is 36.1 Å². The molecule has 1 aromatic rings. The van der Waals surface area contributed by atoms with Gasteiger partial charge in [-0.25, -0.2) is 0 Å². The Labute approximate surface area is 115 Å². The van der Waals surface area contributed by atoms with Crippen molar-refractivity contribution in [3.63, 3.8) is 0 Å². The van der Waals surface area contributed by atoms with Crippen LogP contribution in [0.15, 0.2) is 28.7 Å². The van der Waals surface area contributed by atoms with Gasteiger partial charge in [-0.1, -0.05) is 15.9 Å². The molecule has 98 valence electrons. The van der Waals surface area contributed by atoms with Crippen molar-refractivity contribution in [3.05, 3.63) is 28.7 Å². The number of ether oxygens (including phenoxy) is 1. The number of anilines is 1. The fourth-order valence-electron chi connectivity index (χ4n) is 1.89. The lowest BCUT2D eigenvalue weighted by Gasteiger charge is -2.22. The summed E-state index contributed by atoms with van der Waals surface area (Å²) in [6.45, 7) is 2.00. The molecule has 5 heteroatoms. The van der Waals surface area contributed by atoms with Gasteiger partial charge in [0.25, 0.3) is 0 Å². The molecule has 0 unspecified atom stereocenters. The summed E-state index contributed by atoms with van der Waals surface area (Å²) < 4.78 is 6.55. The molecule has 0 aliphatic carbocycles. The van der Waals surface area contributed by atoms with Gasteiger partial charge >= 0.3 is 0 Å². The van der Waals surface area contributed by atoms with Crippen LogP contribution in [0, 0.1) is 0 Å². The highest BCUT2D eigenvalue weighted by molar-refractivity contribution is 9.10. The molecule has 2 rings (SSSR count). The summed E-state index contributed by atoms with van der Waals surface area (Å²) in [5, 5.41) is 6.06. The molecular formula is C13H17BrN2O2. The molecule has 1 amide bonds. The fourth-order valence-corrected chi connectivity index (χ4v) is 2.15. The Kier molecular flexibility index (Phi) is 5.16. The number of piperidine rings is 1. The molecular weight excluding hydrogens is 296 g/mol. The Morgan fingerprint density at radius 3 is 2.89 bits per heavy atom. The van der Waals surface area contributed by atoms with Gasteiger partial charge in [-0.15, -0.1) is 0 Å². The quantitative estimate of drug-likeness (QED) is 0.895. The van der Waals surface area contributed by atoms with E-state index in [-0.39, 0.29) is 18.6 Å². The van der Waals surface area contributed by atoms with Gasteiger partial charge in [-0.05, 0) is 43.7 Å². The molecule has 1 fully saturated rings. The minimum absolute atomic E-state index is 0.108. The third-order valence-corrected chi connectivity index (χ3v) is 3.36. The number of carbonyl (C=O) groups is 1. The van der Waals surface area contributed by atoms with Crippen LogP contribution in [-0.2, 0) is 9.53 Å². The Hall–Kier alpha value is -0.910. The Morgan fingerprint density at radius 2 is 2.22 bits per heavy atom. The normalized spacial score (nSPS) is 19.5. The van der Waals surface area contributed by atoms with E-state index in [2.05, 4.69) is 26.6 Å². The van der Waals surface area contributed by atoms with Crippen LogP contribution in [0.5, 0.6) is 0 Å². The average molecular weight is 313 g/mol. The van der Waals surface area contributed by atoms with Gasteiger partial charge < -0.3 is 15.4 Å². The third kappa shape index (κ3) is 4.40. The van der Waals surface area contributed by atoms with Crippen molar-refractivity contribution in [1.29, 1.82) is 0 Å². The van der Waals surface area contributed by atoms with Crippen LogP contribution in [0.4, 0.5) is 5.69 Å². The number of hydrogen-bond acceptors (Lipinski definition) is 3. The van der Waals surface area contributed by atoms with Crippen LogP contribution in [0.2, 0.25) is 0 Å². The molecule has 4 nitrogen and oxygen atoms in total. The first-order valence-electron chi connectivity index (χ1n) is 6.12. The molecule has 18 heavy (non-hydrogen) atoms. The first-order chi connectivity index (χ1) is 8.74. The number of amides is 1. The molecule has 2 N–H and O–H groups in total. The van der Waals surface area contributed by atoms with Gasteiger partial charge in [0.2, 0.25) is 5.91 Å². The second-order valence-corrected chi connectivity index (χ2v) is 5.25. The van der Waals surface area contributed by atoms with Gasteiger partial charge in [0, 0.05) is 16.7 Å². The maximum atomic E-state index is 11.7. The second-order valence-electron chi connectivity index (χ2n) is 4.33. The van der Waals surface area contributed by atoms with E-state index < -0.39 is 0 Å². The highest BCUT2D eigenvalue weighted by Gasteiger charge is 2.14. The molecule has 0 aromatic heterocycles.